The molecule has 0 saturated carbocycles. The molecule has 0 atom stereocenters. The zero-order chi connectivity index (χ0) is 13.5. The quantitative estimate of drug-likeness (QED) is 0.757. The summed E-state index contributed by atoms with van der Waals surface area (Å²) >= 11 is 1.80. The molecular formula is C13H24N4OS. The molecule has 1 N–H and O–H groups in total. The van der Waals surface area contributed by atoms with E-state index in [9.17, 15) is 0 Å². The number of hydrogen-bond acceptors (Lipinski definition) is 6. The highest BCUT2D eigenvalue weighted by Gasteiger charge is 2.18. The van der Waals surface area contributed by atoms with Crippen molar-refractivity contribution in [2.24, 2.45) is 0 Å². The van der Waals surface area contributed by atoms with Crippen LogP contribution >= 0.6 is 11.3 Å². The van der Waals surface area contributed by atoms with Gasteiger partial charge in [0.25, 0.3) is 0 Å². The molecule has 108 valence electrons. The van der Waals surface area contributed by atoms with Crippen molar-refractivity contribution in [3.63, 3.8) is 0 Å². The fourth-order valence-electron chi connectivity index (χ4n) is 2.17. The van der Waals surface area contributed by atoms with Crippen LogP contribution in [-0.2, 0) is 11.3 Å². The third kappa shape index (κ3) is 4.42. The molecular weight excluding hydrogens is 260 g/mol. The van der Waals surface area contributed by atoms with E-state index in [0.717, 1.165) is 52.4 Å². The van der Waals surface area contributed by atoms with E-state index < -0.39 is 0 Å². The van der Waals surface area contributed by atoms with Crippen LogP contribution in [0.2, 0.25) is 0 Å². The SMILES string of the molecule is CCN1CCN(c2ncc(CNCCOC)s2)CC1. The second-order valence-corrected chi connectivity index (χ2v) is 5.79. The first-order valence-corrected chi connectivity index (χ1v) is 7.76. The number of nitrogens with one attached hydrogen (secondary N) is 1. The zero-order valence-corrected chi connectivity index (χ0v) is 12.7. The first-order valence-electron chi connectivity index (χ1n) is 6.95. The molecule has 2 heterocycles. The molecule has 0 spiro atoms. The fourth-order valence-corrected chi connectivity index (χ4v) is 3.10. The largest absolute Gasteiger partial charge is 0.383 e. The normalized spacial score (nSPS) is 17.1. The number of ether oxygens (including phenoxy) is 1. The summed E-state index contributed by atoms with van der Waals surface area (Å²) in [7, 11) is 1.72. The first kappa shape index (κ1) is 14.7. The van der Waals surface area contributed by atoms with E-state index in [1.165, 1.54) is 10.0 Å². The van der Waals surface area contributed by atoms with Gasteiger partial charge < -0.3 is 19.9 Å². The van der Waals surface area contributed by atoms with Crippen molar-refractivity contribution in [2.45, 2.75) is 13.5 Å². The van der Waals surface area contributed by atoms with E-state index in [2.05, 4.69) is 27.0 Å². The highest BCUT2D eigenvalue weighted by molar-refractivity contribution is 7.15. The average Bonchev–Trinajstić information content (AvgIpc) is 2.92. The van der Waals surface area contributed by atoms with Gasteiger partial charge in [0, 0.05) is 57.5 Å². The molecule has 0 aliphatic carbocycles. The van der Waals surface area contributed by atoms with Gasteiger partial charge >= 0.3 is 0 Å². The van der Waals surface area contributed by atoms with Gasteiger partial charge in [0.1, 0.15) is 0 Å². The monoisotopic (exact) mass is 284 g/mol. The Kier molecular flexibility index (Phi) is 6.03. The summed E-state index contributed by atoms with van der Waals surface area (Å²) < 4.78 is 5.01. The zero-order valence-electron chi connectivity index (χ0n) is 11.9. The lowest BCUT2D eigenvalue weighted by atomic mass is 10.3. The molecule has 0 bridgehead atoms. The smallest absolute Gasteiger partial charge is 0.185 e. The van der Waals surface area contributed by atoms with E-state index >= 15 is 0 Å². The van der Waals surface area contributed by atoms with Crippen LogP contribution in [0.4, 0.5) is 5.13 Å². The van der Waals surface area contributed by atoms with Crippen molar-refractivity contribution in [1.82, 2.24) is 15.2 Å². The predicted molar refractivity (Wildman–Crippen MR) is 80.0 cm³/mol. The summed E-state index contributed by atoms with van der Waals surface area (Å²) in [6.45, 7) is 10.4. The van der Waals surface area contributed by atoms with Crippen molar-refractivity contribution in [3.05, 3.63) is 11.1 Å². The minimum absolute atomic E-state index is 0.755. The van der Waals surface area contributed by atoms with Gasteiger partial charge in [0.15, 0.2) is 5.13 Å². The molecule has 0 unspecified atom stereocenters. The summed E-state index contributed by atoms with van der Waals surface area (Å²) in [5.41, 5.74) is 0. The van der Waals surface area contributed by atoms with Crippen LogP contribution in [0.25, 0.3) is 0 Å². The minimum atomic E-state index is 0.755. The Hall–Kier alpha value is -0.690. The molecule has 1 aliphatic heterocycles. The number of piperazine rings is 1. The molecule has 0 aromatic carbocycles. The highest BCUT2D eigenvalue weighted by Crippen LogP contribution is 2.23. The number of rotatable bonds is 7. The Bertz CT molecular complexity index is 363. The lowest BCUT2D eigenvalue weighted by Crippen LogP contribution is -2.46. The molecule has 19 heavy (non-hydrogen) atoms. The van der Waals surface area contributed by atoms with Crippen LogP contribution in [0.15, 0.2) is 6.20 Å². The van der Waals surface area contributed by atoms with Crippen LogP contribution in [0.5, 0.6) is 0 Å². The summed E-state index contributed by atoms with van der Waals surface area (Å²) in [5.74, 6) is 0. The van der Waals surface area contributed by atoms with Gasteiger partial charge in [0.2, 0.25) is 0 Å². The summed E-state index contributed by atoms with van der Waals surface area (Å²) in [5, 5.41) is 4.52. The number of thiazole rings is 1. The maximum absolute atomic E-state index is 5.01. The number of nitrogens with zero attached hydrogens (tertiary/aromatic N) is 3. The van der Waals surface area contributed by atoms with Crippen molar-refractivity contribution in [3.8, 4) is 0 Å². The molecule has 0 radical (unpaired) electrons. The van der Waals surface area contributed by atoms with Crippen molar-refractivity contribution in [2.75, 3.05) is 57.9 Å². The van der Waals surface area contributed by atoms with E-state index in [0.29, 0.717) is 0 Å². The Labute approximate surface area is 119 Å². The Morgan fingerprint density at radius 3 is 2.84 bits per heavy atom. The highest BCUT2D eigenvalue weighted by atomic mass is 32.1. The van der Waals surface area contributed by atoms with Crippen LogP contribution in [0.1, 0.15) is 11.8 Å². The summed E-state index contributed by atoms with van der Waals surface area (Å²) in [4.78, 5) is 10.7. The Morgan fingerprint density at radius 1 is 1.37 bits per heavy atom. The van der Waals surface area contributed by atoms with Crippen molar-refractivity contribution >= 4 is 16.5 Å². The standard InChI is InChI=1S/C13H24N4OS/c1-3-16-5-7-17(8-6-16)13-15-11-12(19-13)10-14-4-9-18-2/h11,14H,3-10H2,1-2H3. The minimum Gasteiger partial charge on any atom is -0.383 e. The van der Waals surface area contributed by atoms with Gasteiger partial charge in [-0.25, -0.2) is 4.98 Å². The maximum Gasteiger partial charge on any atom is 0.185 e. The maximum atomic E-state index is 5.01. The van der Waals surface area contributed by atoms with Gasteiger partial charge in [-0.05, 0) is 6.54 Å². The number of anilines is 1. The summed E-state index contributed by atoms with van der Waals surface area (Å²) in [6.07, 6.45) is 1.99. The topological polar surface area (TPSA) is 40.6 Å². The third-order valence-corrected chi connectivity index (χ3v) is 4.47. The second kappa shape index (κ2) is 7.79. The molecule has 1 fully saturated rings. The van der Waals surface area contributed by atoms with E-state index in [4.69, 9.17) is 4.74 Å². The second-order valence-electron chi connectivity index (χ2n) is 4.70. The van der Waals surface area contributed by atoms with Gasteiger partial charge in [-0.2, -0.15) is 0 Å². The molecule has 1 aromatic rings. The van der Waals surface area contributed by atoms with E-state index in [1.54, 1.807) is 18.4 Å². The lowest BCUT2D eigenvalue weighted by molar-refractivity contribution is 0.199. The van der Waals surface area contributed by atoms with Crippen LogP contribution < -0.4 is 10.2 Å². The molecule has 1 saturated heterocycles. The number of likely N-dealkylation sites (N-methyl/N-ethyl adjacent to an activating group) is 1. The molecule has 1 aromatic heterocycles. The van der Waals surface area contributed by atoms with Crippen LogP contribution in [-0.4, -0.2) is 62.9 Å². The Balaban J connectivity index is 1.77. The average molecular weight is 284 g/mol. The van der Waals surface area contributed by atoms with E-state index in [-0.39, 0.29) is 0 Å². The molecule has 5 nitrogen and oxygen atoms in total. The first-order chi connectivity index (χ1) is 9.33. The lowest BCUT2D eigenvalue weighted by Gasteiger charge is -2.33. The van der Waals surface area contributed by atoms with Crippen LogP contribution in [0, 0.1) is 0 Å². The molecule has 0 amide bonds. The van der Waals surface area contributed by atoms with Gasteiger partial charge in [-0.15, -0.1) is 11.3 Å². The summed E-state index contributed by atoms with van der Waals surface area (Å²) in [6, 6.07) is 0. The third-order valence-electron chi connectivity index (χ3n) is 3.41. The van der Waals surface area contributed by atoms with Gasteiger partial charge in [-0.1, -0.05) is 6.92 Å². The molecule has 2 rings (SSSR count). The van der Waals surface area contributed by atoms with Gasteiger partial charge in [0.05, 0.1) is 6.61 Å². The number of hydrogen-bond donors (Lipinski definition) is 1. The van der Waals surface area contributed by atoms with Crippen molar-refractivity contribution < 1.29 is 4.74 Å². The van der Waals surface area contributed by atoms with Gasteiger partial charge in [-0.3, -0.25) is 0 Å². The number of aromatic nitrogens is 1. The van der Waals surface area contributed by atoms with Crippen molar-refractivity contribution in [1.29, 1.82) is 0 Å². The predicted octanol–water partition coefficient (Wildman–Crippen LogP) is 1.02. The fraction of sp³-hybridized carbons (Fsp3) is 0.769. The van der Waals surface area contributed by atoms with E-state index in [1.807, 2.05) is 6.20 Å². The molecule has 6 heteroatoms. The Morgan fingerprint density at radius 2 is 2.16 bits per heavy atom. The van der Waals surface area contributed by atoms with Crippen LogP contribution in [0.3, 0.4) is 0 Å². The molecule has 1 aliphatic rings. The number of methoxy groups -OCH3 is 1.